The molecule has 0 radical (unpaired) electrons. The highest BCUT2D eigenvalue weighted by atomic mass is 35.5. The summed E-state index contributed by atoms with van der Waals surface area (Å²) >= 11 is 5.14. The lowest BCUT2D eigenvalue weighted by Gasteiger charge is -1.96. The van der Waals surface area contributed by atoms with E-state index in [1.807, 2.05) is 0 Å². The Hall–Kier alpha value is -0.500. The molecular weight excluding hydrogens is 126 g/mol. The molecule has 0 rings (SSSR count). The highest BCUT2D eigenvalue weighted by Crippen LogP contribution is 1.80. The van der Waals surface area contributed by atoms with Gasteiger partial charge in [0.05, 0.1) is 0 Å². The summed E-state index contributed by atoms with van der Waals surface area (Å²) in [5, 5.41) is 2.43. The molecule has 0 aromatic carbocycles. The van der Waals surface area contributed by atoms with Crippen LogP contribution < -0.4 is 5.32 Å². The number of rotatable bonds is 2. The smallest absolute Gasteiger partial charge is 0.239 e. The molecule has 0 bridgehead atoms. The molecule has 0 atom stereocenters. The van der Waals surface area contributed by atoms with E-state index in [0.717, 1.165) is 0 Å². The molecule has 0 saturated heterocycles. The number of allylic oxidation sites excluding steroid dienone is 1. The van der Waals surface area contributed by atoms with E-state index in [2.05, 4.69) is 11.9 Å². The van der Waals surface area contributed by atoms with Crippen LogP contribution in [0, 0.1) is 0 Å². The first-order valence-corrected chi connectivity index (χ1v) is 2.71. The number of halogens is 1. The van der Waals surface area contributed by atoms with Crippen molar-refractivity contribution in [1.29, 1.82) is 0 Å². The van der Waals surface area contributed by atoms with Gasteiger partial charge in [0, 0.05) is 5.70 Å². The Morgan fingerprint density at radius 2 is 2.38 bits per heavy atom. The number of carbonyl (C=O) groups is 1. The third-order valence-electron chi connectivity index (χ3n) is 0.474. The van der Waals surface area contributed by atoms with Gasteiger partial charge in [-0.05, 0) is 6.92 Å². The molecule has 0 saturated carbocycles. The van der Waals surface area contributed by atoms with Crippen LogP contribution in [-0.2, 0) is 4.79 Å². The van der Waals surface area contributed by atoms with E-state index in [-0.39, 0.29) is 11.8 Å². The molecule has 0 unspecified atom stereocenters. The zero-order valence-corrected chi connectivity index (χ0v) is 5.46. The molecule has 3 heteroatoms. The summed E-state index contributed by atoms with van der Waals surface area (Å²) in [6, 6.07) is 0. The first kappa shape index (κ1) is 7.50. The quantitative estimate of drug-likeness (QED) is 0.557. The predicted molar refractivity (Wildman–Crippen MR) is 33.7 cm³/mol. The highest BCUT2D eigenvalue weighted by Gasteiger charge is 1.93. The average molecular weight is 134 g/mol. The second kappa shape index (κ2) is 3.50. The average Bonchev–Trinajstić information content (AvgIpc) is 1.65. The summed E-state index contributed by atoms with van der Waals surface area (Å²) in [5.41, 5.74) is 0.621. The van der Waals surface area contributed by atoms with Crippen molar-refractivity contribution in [1.82, 2.24) is 5.32 Å². The molecule has 0 spiro atoms. The van der Waals surface area contributed by atoms with Gasteiger partial charge in [-0.15, -0.1) is 11.6 Å². The van der Waals surface area contributed by atoms with E-state index < -0.39 is 0 Å². The molecule has 0 heterocycles. The van der Waals surface area contributed by atoms with E-state index in [9.17, 15) is 4.79 Å². The van der Waals surface area contributed by atoms with Gasteiger partial charge in [0.1, 0.15) is 5.88 Å². The Kier molecular flexibility index (Phi) is 3.28. The van der Waals surface area contributed by atoms with Crippen molar-refractivity contribution in [3.63, 3.8) is 0 Å². The van der Waals surface area contributed by atoms with Crippen molar-refractivity contribution in [2.24, 2.45) is 0 Å². The van der Waals surface area contributed by atoms with E-state index >= 15 is 0 Å². The molecule has 1 N–H and O–H groups in total. The number of alkyl halides is 1. The summed E-state index contributed by atoms with van der Waals surface area (Å²) in [6.07, 6.45) is 0. The number of amides is 1. The van der Waals surface area contributed by atoms with Gasteiger partial charge in [-0.3, -0.25) is 4.79 Å². The van der Waals surface area contributed by atoms with Gasteiger partial charge in [0.2, 0.25) is 5.91 Å². The van der Waals surface area contributed by atoms with Crippen LogP contribution in [0.15, 0.2) is 12.3 Å². The first-order valence-electron chi connectivity index (χ1n) is 2.18. The SMILES string of the molecule is C=C(C)NC(=O)CCl. The molecule has 8 heavy (non-hydrogen) atoms. The van der Waals surface area contributed by atoms with Gasteiger partial charge in [-0.25, -0.2) is 0 Å². The molecule has 46 valence electrons. The Balaban J connectivity index is 3.40. The lowest BCUT2D eigenvalue weighted by Crippen LogP contribution is -2.21. The molecule has 0 aliphatic carbocycles. The summed E-state index contributed by atoms with van der Waals surface area (Å²) in [7, 11) is 0. The summed E-state index contributed by atoms with van der Waals surface area (Å²) < 4.78 is 0. The molecule has 0 aliphatic rings. The Morgan fingerprint density at radius 1 is 1.88 bits per heavy atom. The van der Waals surface area contributed by atoms with Crippen LogP contribution >= 0.6 is 11.6 Å². The van der Waals surface area contributed by atoms with Crippen LogP contribution in [0.25, 0.3) is 0 Å². The normalized spacial score (nSPS) is 8.25. The maximum absolute atomic E-state index is 10.3. The second-order valence-corrected chi connectivity index (χ2v) is 1.73. The number of carbonyl (C=O) groups excluding carboxylic acids is 1. The fraction of sp³-hybridized carbons (Fsp3) is 0.400. The zero-order valence-electron chi connectivity index (χ0n) is 4.70. The second-order valence-electron chi connectivity index (χ2n) is 1.46. The highest BCUT2D eigenvalue weighted by molar-refractivity contribution is 6.27. The van der Waals surface area contributed by atoms with Crippen molar-refractivity contribution in [2.45, 2.75) is 6.92 Å². The van der Waals surface area contributed by atoms with Crippen molar-refractivity contribution >= 4 is 17.5 Å². The summed E-state index contributed by atoms with van der Waals surface area (Å²) in [6.45, 7) is 5.15. The van der Waals surface area contributed by atoms with Gasteiger partial charge in [-0.1, -0.05) is 6.58 Å². The van der Waals surface area contributed by atoms with Gasteiger partial charge < -0.3 is 5.32 Å². The molecule has 0 fully saturated rings. The van der Waals surface area contributed by atoms with Crippen molar-refractivity contribution < 1.29 is 4.79 Å². The van der Waals surface area contributed by atoms with E-state index in [1.54, 1.807) is 6.92 Å². The monoisotopic (exact) mass is 133 g/mol. The lowest BCUT2D eigenvalue weighted by molar-refractivity contribution is -0.117. The maximum atomic E-state index is 10.3. The van der Waals surface area contributed by atoms with Crippen LogP contribution in [0.1, 0.15) is 6.92 Å². The van der Waals surface area contributed by atoms with Crippen LogP contribution in [-0.4, -0.2) is 11.8 Å². The third-order valence-corrected chi connectivity index (χ3v) is 0.717. The van der Waals surface area contributed by atoms with Crippen molar-refractivity contribution in [3.05, 3.63) is 12.3 Å². The summed E-state index contributed by atoms with van der Waals surface area (Å²) in [4.78, 5) is 10.3. The van der Waals surface area contributed by atoms with E-state index in [0.29, 0.717) is 5.70 Å². The third kappa shape index (κ3) is 3.68. The molecular formula is C5H8ClNO. The molecule has 0 aliphatic heterocycles. The Morgan fingerprint density at radius 3 is 2.50 bits per heavy atom. The van der Waals surface area contributed by atoms with Crippen LogP contribution in [0.5, 0.6) is 0 Å². The lowest BCUT2D eigenvalue weighted by atomic mass is 10.5. The van der Waals surface area contributed by atoms with Crippen LogP contribution in [0.3, 0.4) is 0 Å². The zero-order chi connectivity index (χ0) is 6.57. The largest absolute Gasteiger partial charge is 0.330 e. The fourth-order valence-corrected chi connectivity index (χ4v) is 0.338. The van der Waals surface area contributed by atoms with Gasteiger partial charge in [0.25, 0.3) is 0 Å². The number of hydrogen-bond donors (Lipinski definition) is 1. The molecule has 1 amide bonds. The van der Waals surface area contributed by atoms with Crippen molar-refractivity contribution in [3.8, 4) is 0 Å². The van der Waals surface area contributed by atoms with E-state index in [4.69, 9.17) is 11.6 Å². The predicted octanol–water partition coefficient (Wildman–Crippen LogP) is 0.875. The van der Waals surface area contributed by atoms with Crippen molar-refractivity contribution in [2.75, 3.05) is 5.88 Å². The maximum Gasteiger partial charge on any atom is 0.239 e. The molecule has 0 aromatic rings. The number of hydrogen-bond acceptors (Lipinski definition) is 1. The number of nitrogens with one attached hydrogen (secondary N) is 1. The topological polar surface area (TPSA) is 29.1 Å². The minimum atomic E-state index is -0.209. The minimum Gasteiger partial charge on any atom is -0.330 e. The van der Waals surface area contributed by atoms with Gasteiger partial charge >= 0.3 is 0 Å². The van der Waals surface area contributed by atoms with Gasteiger partial charge in [0.15, 0.2) is 0 Å². The summed E-state index contributed by atoms with van der Waals surface area (Å²) in [5.74, 6) is -0.216. The van der Waals surface area contributed by atoms with Gasteiger partial charge in [-0.2, -0.15) is 0 Å². The van der Waals surface area contributed by atoms with Crippen LogP contribution in [0.4, 0.5) is 0 Å². The fourth-order valence-electron chi connectivity index (χ4n) is 0.271. The van der Waals surface area contributed by atoms with Crippen LogP contribution in [0.2, 0.25) is 0 Å². The Bertz CT molecular complexity index is 111. The molecule has 2 nitrogen and oxygen atoms in total. The molecule has 0 aromatic heterocycles. The minimum absolute atomic E-state index is 0.00708. The first-order chi connectivity index (χ1) is 3.66. The standard InChI is InChI=1S/C5H8ClNO/c1-4(2)7-5(8)3-6/h1,3H2,2H3,(H,7,8). The van der Waals surface area contributed by atoms with E-state index in [1.165, 1.54) is 0 Å². The Labute approximate surface area is 53.5 Å².